The number of carbonyl (C=O) groups excluding carboxylic acids is 1. The summed E-state index contributed by atoms with van der Waals surface area (Å²) in [4.78, 5) is 26.3. The van der Waals surface area contributed by atoms with Crippen molar-refractivity contribution in [2.24, 2.45) is 0 Å². The summed E-state index contributed by atoms with van der Waals surface area (Å²) in [6, 6.07) is 2.94. The van der Waals surface area contributed by atoms with E-state index in [1.165, 1.54) is 25.3 Å². The summed E-state index contributed by atoms with van der Waals surface area (Å²) in [5, 5.41) is 10.4. The van der Waals surface area contributed by atoms with Gasteiger partial charge in [0.2, 0.25) is 0 Å². The zero-order chi connectivity index (χ0) is 12.7. The molecule has 0 saturated carbocycles. The third-order valence-corrected chi connectivity index (χ3v) is 2.54. The van der Waals surface area contributed by atoms with E-state index < -0.39 is 10.8 Å². The number of hydrogen-bond donors (Lipinski definition) is 1. The number of hydrogen-bond acceptors (Lipinski definition) is 6. The van der Waals surface area contributed by atoms with E-state index >= 15 is 0 Å². The number of methoxy groups -OCH3 is 1. The van der Waals surface area contributed by atoms with Crippen molar-refractivity contribution < 1.29 is 19.3 Å². The Morgan fingerprint density at radius 1 is 1.65 bits per heavy atom. The second kappa shape index (κ2) is 6.74. The standard InChI is InChI=1S/C9H10N2O5S/c1-15-6-16-10-8(12)4-2-7-3-5-9(17-7)11(13)14/h2-5H,6H2,1H3,(H,10,12)/b4-2+. The van der Waals surface area contributed by atoms with Crippen molar-refractivity contribution in [3.05, 3.63) is 33.2 Å². The highest BCUT2D eigenvalue weighted by Gasteiger charge is 2.07. The van der Waals surface area contributed by atoms with Gasteiger partial charge in [0, 0.05) is 24.1 Å². The molecule has 0 unspecified atom stereocenters. The molecule has 17 heavy (non-hydrogen) atoms. The van der Waals surface area contributed by atoms with E-state index in [1.807, 2.05) is 0 Å². The number of nitro groups is 1. The maximum absolute atomic E-state index is 11.1. The fraction of sp³-hybridized carbons (Fsp3) is 0.222. The van der Waals surface area contributed by atoms with Gasteiger partial charge in [-0.05, 0) is 12.1 Å². The zero-order valence-electron chi connectivity index (χ0n) is 8.91. The molecule has 0 aromatic carbocycles. The van der Waals surface area contributed by atoms with Gasteiger partial charge in [0.1, 0.15) is 0 Å². The van der Waals surface area contributed by atoms with Crippen LogP contribution in [0, 0.1) is 10.1 Å². The average Bonchev–Trinajstić information content (AvgIpc) is 2.75. The molecule has 0 spiro atoms. The first-order chi connectivity index (χ1) is 8.13. The van der Waals surface area contributed by atoms with E-state index in [1.54, 1.807) is 6.07 Å². The van der Waals surface area contributed by atoms with Crippen LogP contribution in [0.1, 0.15) is 4.88 Å². The number of hydroxylamine groups is 1. The summed E-state index contributed by atoms with van der Waals surface area (Å²) >= 11 is 0.980. The lowest BCUT2D eigenvalue weighted by molar-refractivity contribution is -0.380. The summed E-state index contributed by atoms with van der Waals surface area (Å²) in [5.74, 6) is -0.474. The van der Waals surface area contributed by atoms with Crippen molar-refractivity contribution in [2.75, 3.05) is 13.9 Å². The van der Waals surface area contributed by atoms with E-state index in [0.717, 1.165) is 11.3 Å². The van der Waals surface area contributed by atoms with Gasteiger partial charge in [0.25, 0.3) is 5.91 Å². The summed E-state index contributed by atoms with van der Waals surface area (Å²) in [6.07, 6.45) is 2.67. The molecule has 1 aromatic rings. The van der Waals surface area contributed by atoms with Gasteiger partial charge in [-0.2, -0.15) is 0 Å². The maximum Gasteiger partial charge on any atom is 0.324 e. The monoisotopic (exact) mass is 258 g/mol. The molecule has 0 bridgehead atoms. The molecule has 1 rings (SSSR count). The molecule has 0 aliphatic carbocycles. The highest BCUT2D eigenvalue weighted by molar-refractivity contribution is 7.16. The van der Waals surface area contributed by atoms with Crippen LogP contribution in [-0.2, 0) is 14.4 Å². The van der Waals surface area contributed by atoms with Gasteiger partial charge in [0.15, 0.2) is 6.79 Å². The summed E-state index contributed by atoms with van der Waals surface area (Å²) in [7, 11) is 1.42. The van der Waals surface area contributed by atoms with Crippen LogP contribution in [0.3, 0.4) is 0 Å². The molecule has 1 aromatic heterocycles. The quantitative estimate of drug-likeness (QED) is 0.273. The molecule has 1 amide bonds. The molecule has 0 atom stereocenters. The lowest BCUT2D eigenvalue weighted by atomic mass is 10.4. The fourth-order valence-electron chi connectivity index (χ4n) is 0.881. The van der Waals surface area contributed by atoms with Crippen molar-refractivity contribution in [3.63, 3.8) is 0 Å². The number of nitrogens with zero attached hydrogens (tertiary/aromatic N) is 1. The van der Waals surface area contributed by atoms with Crippen molar-refractivity contribution in [1.29, 1.82) is 0 Å². The molecule has 92 valence electrons. The normalized spacial score (nSPS) is 10.6. The van der Waals surface area contributed by atoms with Crippen LogP contribution >= 0.6 is 11.3 Å². The topological polar surface area (TPSA) is 90.7 Å². The Morgan fingerprint density at radius 3 is 3.00 bits per heavy atom. The summed E-state index contributed by atoms with van der Waals surface area (Å²) in [5.41, 5.74) is 2.10. The zero-order valence-corrected chi connectivity index (χ0v) is 9.73. The van der Waals surface area contributed by atoms with Crippen molar-refractivity contribution >= 4 is 28.3 Å². The molecule has 0 aliphatic heterocycles. The van der Waals surface area contributed by atoms with Gasteiger partial charge in [-0.3, -0.25) is 14.9 Å². The Bertz CT molecular complexity index is 429. The van der Waals surface area contributed by atoms with Gasteiger partial charge >= 0.3 is 5.00 Å². The predicted octanol–water partition coefficient (Wildman–Crippen LogP) is 1.32. The molecular weight excluding hydrogens is 248 g/mol. The average molecular weight is 258 g/mol. The van der Waals surface area contributed by atoms with E-state index in [4.69, 9.17) is 0 Å². The van der Waals surface area contributed by atoms with Gasteiger partial charge in [0.05, 0.1) is 4.92 Å². The van der Waals surface area contributed by atoms with Crippen LogP contribution in [0.15, 0.2) is 18.2 Å². The molecule has 1 N–H and O–H groups in total. The van der Waals surface area contributed by atoms with Crippen LogP contribution in [0.5, 0.6) is 0 Å². The smallest absolute Gasteiger partial charge is 0.324 e. The first kappa shape index (κ1) is 13.3. The van der Waals surface area contributed by atoms with Crippen LogP contribution in [0.2, 0.25) is 0 Å². The van der Waals surface area contributed by atoms with Gasteiger partial charge < -0.3 is 4.74 Å². The van der Waals surface area contributed by atoms with E-state index in [-0.39, 0.29) is 11.8 Å². The number of carbonyl (C=O) groups is 1. The number of nitrogens with one attached hydrogen (secondary N) is 1. The van der Waals surface area contributed by atoms with Crippen molar-refractivity contribution in [1.82, 2.24) is 5.48 Å². The van der Waals surface area contributed by atoms with Crippen LogP contribution < -0.4 is 5.48 Å². The van der Waals surface area contributed by atoms with Crippen LogP contribution in [-0.4, -0.2) is 24.7 Å². The maximum atomic E-state index is 11.1. The molecule has 0 radical (unpaired) electrons. The molecule has 0 saturated heterocycles. The van der Waals surface area contributed by atoms with E-state index in [0.29, 0.717) is 4.88 Å². The van der Waals surface area contributed by atoms with Gasteiger partial charge in [-0.1, -0.05) is 11.3 Å². The SMILES string of the molecule is COCONC(=O)/C=C/c1ccc([N+](=O)[O-])s1. The molecule has 7 nitrogen and oxygen atoms in total. The Balaban J connectivity index is 2.46. The van der Waals surface area contributed by atoms with Gasteiger partial charge in [-0.25, -0.2) is 10.3 Å². The lowest BCUT2D eigenvalue weighted by Gasteiger charge is -2.00. The largest absolute Gasteiger partial charge is 0.356 e. The molecule has 0 fully saturated rings. The second-order valence-corrected chi connectivity index (χ2v) is 3.88. The highest BCUT2D eigenvalue weighted by Crippen LogP contribution is 2.24. The minimum Gasteiger partial charge on any atom is -0.356 e. The van der Waals surface area contributed by atoms with Crippen LogP contribution in [0.4, 0.5) is 5.00 Å². The van der Waals surface area contributed by atoms with E-state index in [9.17, 15) is 14.9 Å². The predicted molar refractivity (Wildman–Crippen MR) is 61.1 cm³/mol. The third kappa shape index (κ3) is 4.72. The molecule has 0 aliphatic rings. The number of rotatable bonds is 6. The van der Waals surface area contributed by atoms with Crippen molar-refractivity contribution in [3.8, 4) is 0 Å². The van der Waals surface area contributed by atoms with Crippen LogP contribution in [0.25, 0.3) is 6.08 Å². The summed E-state index contributed by atoms with van der Waals surface area (Å²) < 4.78 is 4.55. The Morgan fingerprint density at radius 2 is 2.41 bits per heavy atom. The summed E-state index contributed by atoms with van der Waals surface area (Å²) in [6.45, 7) is -0.0515. The lowest BCUT2D eigenvalue weighted by Crippen LogP contribution is -2.22. The van der Waals surface area contributed by atoms with E-state index in [2.05, 4.69) is 15.1 Å². The highest BCUT2D eigenvalue weighted by atomic mass is 32.1. The Labute approximate surface area is 101 Å². The Kier molecular flexibility index (Phi) is 5.27. The first-order valence-corrected chi connectivity index (χ1v) is 5.28. The first-order valence-electron chi connectivity index (χ1n) is 4.46. The number of thiophene rings is 1. The third-order valence-electron chi connectivity index (χ3n) is 1.54. The minimum atomic E-state index is -0.482. The van der Waals surface area contributed by atoms with Gasteiger partial charge in [-0.15, -0.1) is 0 Å². The minimum absolute atomic E-state index is 0.0284. The fourth-order valence-corrected chi connectivity index (χ4v) is 1.61. The Hall–Kier alpha value is -1.77. The number of ether oxygens (including phenoxy) is 1. The molecule has 8 heteroatoms. The molecular formula is C9H10N2O5S. The molecule has 1 heterocycles. The second-order valence-electron chi connectivity index (χ2n) is 2.78. The van der Waals surface area contributed by atoms with Crippen molar-refractivity contribution in [2.45, 2.75) is 0 Å². The number of amides is 1.